The zero-order chi connectivity index (χ0) is 18.2. The van der Waals surface area contributed by atoms with E-state index in [4.69, 9.17) is 4.74 Å². The van der Waals surface area contributed by atoms with Crippen molar-refractivity contribution in [3.05, 3.63) is 59.9 Å². The number of nitrogens with zero attached hydrogens (tertiary/aromatic N) is 3. The molecular weight excluding hydrogens is 453 g/mol. The average molecular weight is 481 g/mol. The molecule has 2 heterocycles. The minimum atomic E-state index is 0. The maximum Gasteiger partial charge on any atom is 0.191 e. The molecule has 0 amide bonds. The first kappa shape index (κ1) is 21.4. The highest BCUT2D eigenvalue weighted by Gasteiger charge is 2.10. The van der Waals surface area contributed by atoms with Gasteiger partial charge < -0.3 is 15.4 Å². The Kier molecular flexibility index (Phi) is 8.80. The Morgan fingerprint density at radius 2 is 2.26 bits per heavy atom. The molecule has 0 spiro atoms. The van der Waals surface area contributed by atoms with Crippen molar-refractivity contribution in [3.8, 4) is 5.69 Å². The molecule has 1 unspecified atom stereocenters. The predicted molar refractivity (Wildman–Crippen MR) is 120 cm³/mol. The highest BCUT2D eigenvalue weighted by atomic mass is 127. The summed E-state index contributed by atoms with van der Waals surface area (Å²) in [5.74, 6) is 0.814. The summed E-state index contributed by atoms with van der Waals surface area (Å²) in [6.07, 6.45) is 7.97. The summed E-state index contributed by atoms with van der Waals surface area (Å²) < 4.78 is 7.21. The van der Waals surface area contributed by atoms with Gasteiger partial charge >= 0.3 is 0 Å². The number of halogens is 1. The lowest BCUT2D eigenvalue weighted by Crippen LogP contribution is -2.39. The van der Waals surface area contributed by atoms with Crippen LogP contribution in [-0.4, -0.2) is 42.5 Å². The third-order valence-corrected chi connectivity index (χ3v) is 4.51. The summed E-state index contributed by atoms with van der Waals surface area (Å²) in [5.41, 5.74) is 3.70. The second-order valence-corrected chi connectivity index (χ2v) is 6.35. The third kappa shape index (κ3) is 6.35. The molecule has 1 aliphatic rings. The minimum absolute atomic E-state index is 0. The zero-order valence-corrected chi connectivity index (χ0v) is 18.2. The Labute approximate surface area is 178 Å². The van der Waals surface area contributed by atoms with E-state index in [1.165, 1.54) is 11.1 Å². The quantitative estimate of drug-likeness (QED) is 0.287. The van der Waals surface area contributed by atoms with Crippen molar-refractivity contribution >= 4 is 29.9 Å². The Morgan fingerprint density at radius 1 is 1.37 bits per heavy atom. The first-order valence-electron chi connectivity index (χ1n) is 9.09. The molecule has 0 aliphatic carbocycles. The second-order valence-electron chi connectivity index (χ2n) is 6.35. The largest absolute Gasteiger partial charge is 0.377 e. The summed E-state index contributed by atoms with van der Waals surface area (Å²) in [6, 6.07) is 10.4. The number of guanidine groups is 1. The fourth-order valence-corrected chi connectivity index (χ4v) is 2.98. The van der Waals surface area contributed by atoms with Gasteiger partial charge in [0.15, 0.2) is 5.96 Å². The number of rotatable bonds is 6. The first-order valence-corrected chi connectivity index (χ1v) is 9.09. The van der Waals surface area contributed by atoms with Crippen LogP contribution >= 0.6 is 24.0 Å². The van der Waals surface area contributed by atoms with Crippen molar-refractivity contribution in [3.63, 3.8) is 0 Å². The molecule has 0 bridgehead atoms. The molecule has 2 aromatic rings. The number of aliphatic imine (C=N–C) groups is 1. The minimum Gasteiger partial charge on any atom is -0.377 e. The van der Waals surface area contributed by atoms with Crippen LogP contribution in [0.25, 0.3) is 5.69 Å². The van der Waals surface area contributed by atoms with Gasteiger partial charge in [-0.15, -0.1) is 24.0 Å². The monoisotopic (exact) mass is 481 g/mol. The standard InChI is InChI=1S/C20H27N5O.HI/c1-16(18-5-3-6-19(15-18)25-12-4-10-23-25)24-20(21-2)22-11-7-17-8-13-26-14-9-17;/h3-6,8,10,12,15-16H,7,9,11,13-14H2,1-2H3,(H2,21,22,24);1H. The van der Waals surface area contributed by atoms with E-state index in [9.17, 15) is 0 Å². The molecule has 1 aromatic heterocycles. The number of aromatic nitrogens is 2. The van der Waals surface area contributed by atoms with Crippen molar-refractivity contribution in [2.45, 2.75) is 25.8 Å². The van der Waals surface area contributed by atoms with Crippen LogP contribution in [0.4, 0.5) is 0 Å². The van der Waals surface area contributed by atoms with Crippen molar-refractivity contribution in [2.75, 3.05) is 26.8 Å². The lowest BCUT2D eigenvalue weighted by molar-refractivity contribution is 0.153. The zero-order valence-electron chi connectivity index (χ0n) is 15.9. The number of benzene rings is 1. The molecule has 1 atom stereocenters. The Hall–Kier alpha value is -1.87. The highest BCUT2D eigenvalue weighted by molar-refractivity contribution is 14.0. The van der Waals surface area contributed by atoms with Gasteiger partial charge in [-0.1, -0.05) is 23.8 Å². The van der Waals surface area contributed by atoms with E-state index in [1.807, 2.05) is 16.9 Å². The van der Waals surface area contributed by atoms with E-state index in [0.29, 0.717) is 0 Å². The molecule has 0 fully saturated rings. The van der Waals surface area contributed by atoms with E-state index < -0.39 is 0 Å². The molecule has 0 radical (unpaired) electrons. The normalized spacial score (nSPS) is 15.5. The maximum atomic E-state index is 5.35. The smallest absolute Gasteiger partial charge is 0.191 e. The van der Waals surface area contributed by atoms with Crippen molar-refractivity contribution in [1.29, 1.82) is 0 Å². The molecule has 1 aromatic carbocycles. The van der Waals surface area contributed by atoms with Crippen LogP contribution in [0.2, 0.25) is 0 Å². The van der Waals surface area contributed by atoms with Gasteiger partial charge in [0.05, 0.1) is 24.9 Å². The molecule has 27 heavy (non-hydrogen) atoms. The van der Waals surface area contributed by atoms with Gasteiger partial charge in [-0.2, -0.15) is 5.10 Å². The summed E-state index contributed by atoms with van der Waals surface area (Å²) in [5, 5.41) is 11.2. The van der Waals surface area contributed by atoms with Gasteiger partial charge in [0, 0.05) is 26.0 Å². The van der Waals surface area contributed by atoms with Crippen molar-refractivity contribution in [2.24, 2.45) is 4.99 Å². The van der Waals surface area contributed by atoms with E-state index in [2.05, 4.69) is 58.0 Å². The molecule has 0 saturated heterocycles. The Balaban J connectivity index is 0.00000261. The number of hydrogen-bond acceptors (Lipinski definition) is 3. The first-order chi connectivity index (χ1) is 12.8. The molecule has 6 nitrogen and oxygen atoms in total. The molecule has 146 valence electrons. The Bertz CT molecular complexity index is 757. The molecule has 3 rings (SSSR count). The molecule has 7 heteroatoms. The lowest BCUT2D eigenvalue weighted by Gasteiger charge is -2.20. The van der Waals surface area contributed by atoms with Crippen LogP contribution < -0.4 is 10.6 Å². The summed E-state index contributed by atoms with van der Waals surface area (Å²) in [4.78, 5) is 4.34. The van der Waals surface area contributed by atoms with Gasteiger partial charge in [0.25, 0.3) is 0 Å². The van der Waals surface area contributed by atoms with Gasteiger partial charge in [0.1, 0.15) is 0 Å². The predicted octanol–water partition coefficient (Wildman–Crippen LogP) is 3.45. The number of hydrogen-bond donors (Lipinski definition) is 2. The fraction of sp³-hybridized carbons (Fsp3) is 0.400. The molecule has 1 aliphatic heterocycles. The second kappa shape index (κ2) is 11.1. The summed E-state index contributed by atoms with van der Waals surface area (Å²) in [6.45, 7) is 4.58. The van der Waals surface area contributed by atoms with E-state index >= 15 is 0 Å². The van der Waals surface area contributed by atoms with Gasteiger partial charge in [-0.25, -0.2) is 4.68 Å². The summed E-state index contributed by atoms with van der Waals surface area (Å²) in [7, 11) is 1.80. The number of nitrogens with one attached hydrogen (secondary N) is 2. The van der Waals surface area contributed by atoms with E-state index in [1.54, 1.807) is 13.2 Å². The van der Waals surface area contributed by atoms with Crippen LogP contribution in [-0.2, 0) is 4.74 Å². The van der Waals surface area contributed by atoms with Crippen LogP contribution in [0, 0.1) is 0 Å². The van der Waals surface area contributed by atoms with Gasteiger partial charge in [-0.3, -0.25) is 4.99 Å². The SMILES string of the molecule is CN=C(NCCC1=CCOCC1)NC(C)c1cccc(-n2cccn2)c1.I. The van der Waals surface area contributed by atoms with Gasteiger partial charge in [-0.05, 0) is 43.5 Å². The van der Waals surface area contributed by atoms with Crippen LogP contribution in [0.15, 0.2) is 59.4 Å². The topological polar surface area (TPSA) is 63.5 Å². The average Bonchev–Trinajstić information content (AvgIpc) is 3.23. The van der Waals surface area contributed by atoms with Crippen molar-refractivity contribution < 1.29 is 4.74 Å². The fourth-order valence-electron chi connectivity index (χ4n) is 2.98. The number of ether oxygens (including phenoxy) is 1. The van der Waals surface area contributed by atoms with Crippen LogP contribution in [0.5, 0.6) is 0 Å². The van der Waals surface area contributed by atoms with E-state index in [0.717, 1.165) is 44.2 Å². The van der Waals surface area contributed by atoms with Crippen LogP contribution in [0.3, 0.4) is 0 Å². The van der Waals surface area contributed by atoms with Crippen LogP contribution in [0.1, 0.15) is 31.4 Å². The molecule has 2 N–H and O–H groups in total. The van der Waals surface area contributed by atoms with Gasteiger partial charge in [0.2, 0.25) is 0 Å². The van der Waals surface area contributed by atoms with E-state index in [-0.39, 0.29) is 30.0 Å². The Morgan fingerprint density at radius 3 is 2.96 bits per heavy atom. The molecule has 0 saturated carbocycles. The third-order valence-electron chi connectivity index (χ3n) is 4.51. The maximum absolute atomic E-state index is 5.35. The highest BCUT2D eigenvalue weighted by Crippen LogP contribution is 2.16. The molecular formula is C20H28IN5O. The lowest BCUT2D eigenvalue weighted by atomic mass is 10.1. The summed E-state index contributed by atoms with van der Waals surface area (Å²) >= 11 is 0. The van der Waals surface area contributed by atoms with Crippen molar-refractivity contribution in [1.82, 2.24) is 20.4 Å².